The molecular formula is C24H27NO3. The molecule has 4 nitrogen and oxygen atoms in total. The van der Waals surface area contributed by atoms with Gasteiger partial charge in [0.2, 0.25) is 0 Å². The fourth-order valence-corrected chi connectivity index (χ4v) is 2.91. The van der Waals surface area contributed by atoms with Crippen LogP contribution >= 0.6 is 0 Å². The van der Waals surface area contributed by atoms with Crippen molar-refractivity contribution in [2.45, 2.75) is 26.7 Å². The second-order valence-corrected chi connectivity index (χ2v) is 6.99. The monoisotopic (exact) mass is 377 g/mol. The standard InChI is InChI=1S/C24H27NO3/c1-18(16-19(2)26)17-22-8-6-20(7-9-22)4-5-21-10-12-23(13-11-21)24(27)25-14-15-28-3/h6-13,18H,14-17H2,1-3H3,(H,25,27). The summed E-state index contributed by atoms with van der Waals surface area (Å²) in [6.07, 6.45) is 1.50. The van der Waals surface area contributed by atoms with E-state index in [0.29, 0.717) is 31.1 Å². The van der Waals surface area contributed by atoms with Crippen molar-refractivity contribution in [1.82, 2.24) is 5.32 Å². The van der Waals surface area contributed by atoms with E-state index in [-0.39, 0.29) is 11.7 Å². The number of ether oxygens (including phenoxy) is 1. The molecule has 0 spiro atoms. The Morgan fingerprint density at radius 3 is 2.11 bits per heavy atom. The fraction of sp³-hybridized carbons (Fsp3) is 0.333. The summed E-state index contributed by atoms with van der Waals surface area (Å²) < 4.78 is 4.92. The number of methoxy groups -OCH3 is 1. The van der Waals surface area contributed by atoms with Crippen LogP contribution in [0.2, 0.25) is 0 Å². The summed E-state index contributed by atoms with van der Waals surface area (Å²) in [5, 5.41) is 2.79. The molecule has 0 heterocycles. The molecule has 1 unspecified atom stereocenters. The van der Waals surface area contributed by atoms with Gasteiger partial charge in [-0.2, -0.15) is 0 Å². The lowest BCUT2D eigenvalue weighted by Crippen LogP contribution is -2.26. The molecule has 28 heavy (non-hydrogen) atoms. The quantitative estimate of drug-likeness (QED) is 0.565. The normalized spacial score (nSPS) is 11.2. The van der Waals surface area contributed by atoms with Crippen molar-refractivity contribution in [3.8, 4) is 11.8 Å². The third-order valence-corrected chi connectivity index (χ3v) is 4.26. The molecule has 0 fully saturated rings. The zero-order chi connectivity index (χ0) is 20.4. The van der Waals surface area contributed by atoms with Gasteiger partial charge in [0.1, 0.15) is 5.78 Å². The molecule has 4 heteroatoms. The second kappa shape index (κ2) is 11.1. The first-order valence-electron chi connectivity index (χ1n) is 9.45. The van der Waals surface area contributed by atoms with E-state index in [1.54, 1.807) is 26.2 Å². The van der Waals surface area contributed by atoms with Gasteiger partial charge in [0, 0.05) is 36.8 Å². The van der Waals surface area contributed by atoms with Crippen molar-refractivity contribution in [3.05, 3.63) is 70.8 Å². The molecular weight excluding hydrogens is 350 g/mol. The molecule has 0 radical (unpaired) electrons. The lowest BCUT2D eigenvalue weighted by atomic mass is 9.96. The minimum Gasteiger partial charge on any atom is -0.383 e. The highest BCUT2D eigenvalue weighted by Gasteiger charge is 2.06. The average molecular weight is 377 g/mol. The van der Waals surface area contributed by atoms with Crippen molar-refractivity contribution >= 4 is 11.7 Å². The summed E-state index contributed by atoms with van der Waals surface area (Å²) in [5.41, 5.74) is 3.60. The Labute approximate surface area is 167 Å². The van der Waals surface area contributed by atoms with Crippen LogP contribution in [-0.2, 0) is 16.0 Å². The maximum absolute atomic E-state index is 12.0. The summed E-state index contributed by atoms with van der Waals surface area (Å²) in [7, 11) is 1.60. The number of carbonyl (C=O) groups excluding carboxylic acids is 2. The maximum Gasteiger partial charge on any atom is 0.251 e. The smallest absolute Gasteiger partial charge is 0.251 e. The first-order valence-corrected chi connectivity index (χ1v) is 9.45. The molecule has 2 aromatic rings. The Morgan fingerprint density at radius 1 is 1.00 bits per heavy atom. The summed E-state index contributed by atoms with van der Waals surface area (Å²) >= 11 is 0. The van der Waals surface area contributed by atoms with Crippen molar-refractivity contribution < 1.29 is 14.3 Å². The molecule has 0 aliphatic rings. The first kappa shape index (κ1) is 21.4. The largest absolute Gasteiger partial charge is 0.383 e. The zero-order valence-corrected chi connectivity index (χ0v) is 16.7. The van der Waals surface area contributed by atoms with E-state index in [2.05, 4.69) is 36.2 Å². The van der Waals surface area contributed by atoms with Crippen LogP contribution in [0.15, 0.2) is 48.5 Å². The van der Waals surface area contributed by atoms with Gasteiger partial charge in [-0.3, -0.25) is 4.79 Å². The van der Waals surface area contributed by atoms with E-state index in [0.717, 1.165) is 17.5 Å². The van der Waals surface area contributed by atoms with E-state index < -0.39 is 0 Å². The van der Waals surface area contributed by atoms with Crippen LogP contribution in [0, 0.1) is 17.8 Å². The SMILES string of the molecule is COCCNC(=O)c1ccc(C#Cc2ccc(CC(C)CC(C)=O)cc2)cc1. The lowest BCUT2D eigenvalue weighted by molar-refractivity contribution is -0.117. The van der Waals surface area contributed by atoms with Crippen molar-refractivity contribution in [3.63, 3.8) is 0 Å². The Hall–Kier alpha value is -2.90. The van der Waals surface area contributed by atoms with Gasteiger partial charge in [-0.1, -0.05) is 30.9 Å². The number of carbonyl (C=O) groups is 2. The number of amides is 1. The number of hydrogen-bond donors (Lipinski definition) is 1. The van der Waals surface area contributed by atoms with Crippen LogP contribution in [0.5, 0.6) is 0 Å². The Balaban J connectivity index is 1.94. The van der Waals surface area contributed by atoms with Gasteiger partial charge in [0.25, 0.3) is 5.91 Å². The number of nitrogens with one attached hydrogen (secondary N) is 1. The van der Waals surface area contributed by atoms with Gasteiger partial charge in [-0.25, -0.2) is 0 Å². The van der Waals surface area contributed by atoms with Crippen molar-refractivity contribution in [1.29, 1.82) is 0 Å². The summed E-state index contributed by atoms with van der Waals surface area (Å²) in [6.45, 7) is 4.70. The molecule has 0 aliphatic carbocycles. The molecule has 0 saturated carbocycles. The maximum atomic E-state index is 12.0. The minimum absolute atomic E-state index is 0.119. The Morgan fingerprint density at radius 2 is 1.57 bits per heavy atom. The first-order chi connectivity index (χ1) is 13.5. The topological polar surface area (TPSA) is 55.4 Å². The van der Waals surface area contributed by atoms with Crippen LogP contribution in [-0.4, -0.2) is 32.0 Å². The van der Waals surface area contributed by atoms with Gasteiger partial charge in [-0.15, -0.1) is 0 Å². The van der Waals surface area contributed by atoms with Crippen LogP contribution in [0.1, 0.15) is 47.3 Å². The predicted octanol–water partition coefficient (Wildman–Crippen LogP) is 3.62. The van der Waals surface area contributed by atoms with Crippen molar-refractivity contribution in [2.75, 3.05) is 20.3 Å². The highest BCUT2D eigenvalue weighted by atomic mass is 16.5. The third kappa shape index (κ3) is 7.38. The van der Waals surface area contributed by atoms with Gasteiger partial charge in [-0.05, 0) is 61.2 Å². The van der Waals surface area contributed by atoms with E-state index in [4.69, 9.17) is 4.74 Å². The number of ketones is 1. The molecule has 2 aromatic carbocycles. The molecule has 0 saturated heterocycles. The summed E-state index contributed by atoms with van der Waals surface area (Å²) in [6, 6.07) is 15.4. The number of rotatable bonds is 8. The van der Waals surface area contributed by atoms with Crippen LogP contribution in [0.3, 0.4) is 0 Å². The van der Waals surface area contributed by atoms with E-state index in [9.17, 15) is 9.59 Å². The van der Waals surface area contributed by atoms with Gasteiger partial charge in [0.05, 0.1) is 6.61 Å². The van der Waals surface area contributed by atoms with E-state index in [1.165, 1.54) is 5.56 Å². The fourth-order valence-electron chi connectivity index (χ4n) is 2.91. The molecule has 1 amide bonds. The number of Topliss-reactive ketones (excluding diaryl/α,β-unsaturated/α-hetero) is 1. The Kier molecular flexibility index (Phi) is 8.45. The molecule has 0 aromatic heterocycles. The van der Waals surface area contributed by atoms with E-state index in [1.807, 2.05) is 24.3 Å². The Bertz CT molecular complexity index is 842. The summed E-state index contributed by atoms with van der Waals surface area (Å²) in [5.74, 6) is 6.72. The van der Waals surface area contributed by atoms with Gasteiger partial charge < -0.3 is 14.8 Å². The van der Waals surface area contributed by atoms with Crippen LogP contribution < -0.4 is 5.32 Å². The molecule has 0 bridgehead atoms. The molecule has 146 valence electrons. The molecule has 0 aliphatic heterocycles. The lowest BCUT2D eigenvalue weighted by Gasteiger charge is -2.09. The number of hydrogen-bond acceptors (Lipinski definition) is 3. The highest BCUT2D eigenvalue weighted by molar-refractivity contribution is 5.94. The molecule has 1 atom stereocenters. The van der Waals surface area contributed by atoms with Gasteiger partial charge >= 0.3 is 0 Å². The minimum atomic E-state index is -0.119. The second-order valence-electron chi connectivity index (χ2n) is 6.99. The molecule has 1 N–H and O–H groups in total. The molecule has 2 rings (SSSR count). The number of benzene rings is 2. The average Bonchev–Trinajstić information content (AvgIpc) is 2.67. The third-order valence-electron chi connectivity index (χ3n) is 4.26. The predicted molar refractivity (Wildman–Crippen MR) is 111 cm³/mol. The highest BCUT2D eigenvalue weighted by Crippen LogP contribution is 2.13. The van der Waals surface area contributed by atoms with E-state index >= 15 is 0 Å². The zero-order valence-electron chi connectivity index (χ0n) is 16.7. The summed E-state index contributed by atoms with van der Waals surface area (Å²) in [4.78, 5) is 23.1. The van der Waals surface area contributed by atoms with Crippen molar-refractivity contribution in [2.24, 2.45) is 5.92 Å². The van der Waals surface area contributed by atoms with Crippen LogP contribution in [0.25, 0.3) is 0 Å². The van der Waals surface area contributed by atoms with Crippen LogP contribution in [0.4, 0.5) is 0 Å². The van der Waals surface area contributed by atoms with Gasteiger partial charge in [0.15, 0.2) is 0 Å².